The molecule has 2 saturated carbocycles. The zero-order valence-electron chi connectivity index (χ0n) is 13.3. The highest BCUT2D eigenvalue weighted by atomic mass is 32.1. The van der Waals surface area contributed by atoms with E-state index in [1.807, 2.05) is 11.3 Å². The van der Waals surface area contributed by atoms with Crippen molar-refractivity contribution in [3.63, 3.8) is 0 Å². The molecule has 0 saturated heterocycles. The minimum Gasteiger partial charge on any atom is -0.303 e. The largest absolute Gasteiger partial charge is 0.303 e. The summed E-state index contributed by atoms with van der Waals surface area (Å²) in [7, 11) is 0. The molecule has 2 nitrogen and oxygen atoms in total. The average Bonchev–Trinajstić information content (AvgIpc) is 3.15. The predicted molar refractivity (Wildman–Crippen MR) is 86.2 cm³/mol. The third-order valence-corrected chi connectivity index (χ3v) is 6.50. The van der Waals surface area contributed by atoms with E-state index in [0.29, 0.717) is 0 Å². The zero-order valence-corrected chi connectivity index (χ0v) is 14.1. The summed E-state index contributed by atoms with van der Waals surface area (Å²) in [6.45, 7) is 9.14. The highest BCUT2D eigenvalue weighted by Gasteiger charge is 2.44. The van der Waals surface area contributed by atoms with Crippen molar-refractivity contribution in [1.82, 2.24) is 10.3 Å². The van der Waals surface area contributed by atoms with E-state index in [1.165, 1.54) is 54.1 Å². The summed E-state index contributed by atoms with van der Waals surface area (Å²) in [5.74, 6) is 1.64. The van der Waals surface area contributed by atoms with Crippen LogP contribution in [0.3, 0.4) is 0 Å². The number of rotatable bonds is 4. The quantitative estimate of drug-likeness (QED) is 0.880. The molecule has 2 aliphatic rings. The summed E-state index contributed by atoms with van der Waals surface area (Å²) in [5.41, 5.74) is 1.41. The van der Waals surface area contributed by atoms with E-state index in [-0.39, 0.29) is 5.54 Å². The number of aromatic nitrogens is 1. The van der Waals surface area contributed by atoms with Crippen molar-refractivity contribution in [2.24, 2.45) is 11.8 Å². The van der Waals surface area contributed by atoms with Crippen LogP contribution in [0, 0.1) is 25.7 Å². The van der Waals surface area contributed by atoms with Gasteiger partial charge in [0.05, 0.1) is 11.2 Å². The summed E-state index contributed by atoms with van der Waals surface area (Å²) < 4.78 is 0. The Morgan fingerprint density at radius 3 is 2.55 bits per heavy atom. The van der Waals surface area contributed by atoms with Gasteiger partial charge in [-0.15, -0.1) is 11.3 Å². The van der Waals surface area contributed by atoms with Gasteiger partial charge in [0.25, 0.3) is 0 Å². The van der Waals surface area contributed by atoms with Crippen molar-refractivity contribution in [3.8, 4) is 0 Å². The van der Waals surface area contributed by atoms with Gasteiger partial charge < -0.3 is 5.32 Å². The smallest absolute Gasteiger partial charge is 0.113 e. The van der Waals surface area contributed by atoms with E-state index < -0.39 is 0 Å². The normalized spacial score (nSPS) is 30.9. The molecule has 2 fully saturated rings. The van der Waals surface area contributed by atoms with E-state index >= 15 is 0 Å². The van der Waals surface area contributed by atoms with Crippen LogP contribution in [0.5, 0.6) is 0 Å². The molecule has 0 bridgehead atoms. The summed E-state index contributed by atoms with van der Waals surface area (Å²) >= 11 is 1.93. The first-order chi connectivity index (χ1) is 9.50. The first-order valence-corrected chi connectivity index (χ1v) is 9.04. The van der Waals surface area contributed by atoms with Crippen LogP contribution in [0.25, 0.3) is 0 Å². The van der Waals surface area contributed by atoms with Crippen LogP contribution in [0.15, 0.2) is 0 Å². The number of thiazole rings is 1. The van der Waals surface area contributed by atoms with Gasteiger partial charge in [0.2, 0.25) is 0 Å². The van der Waals surface area contributed by atoms with Gasteiger partial charge >= 0.3 is 0 Å². The van der Waals surface area contributed by atoms with Crippen LogP contribution in [0.4, 0.5) is 0 Å². The van der Waals surface area contributed by atoms with Crippen molar-refractivity contribution in [3.05, 3.63) is 15.6 Å². The van der Waals surface area contributed by atoms with Crippen molar-refractivity contribution in [2.75, 3.05) is 0 Å². The van der Waals surface area contributed by atoms with Crippen molar-refractivity contribution in [2.45, 2.75) is 77.8 Å². The van der Waals surface area contributed by atoms with Crippen LogP contribution >= 0.6 is 11.3 Å². The first-order valence-electron chi connectivity index (χ1n) is 8.22. The molecule has 2 atom stereocenters. The van der Waals surface area contributed by atoms with Gasteiger partial charge in [-0.05, 0) is 51.4 Å². The maximum absolute atomic E-state index is 4.94. The SMILES string of the molecule is Cc1nc(C2(NC3CC3)CCCC(C(C)C)C2)sc1C. The monoisotopic (exact) mass is 292 g/mol. The zero-order chi connectivity index (χ0) is 14.3. The molecule has 1 heterocycles. The van der Waals surface area contributed by atoms with Crippen molar-refractivity contribution < 1.29 is 0 Å². The second kappa shape index (κ2) is 5.42. The lowest BCUT2D eigenvalue weighted by Crippen LogP contribution is -2.47. The Bertz CT molecular complexity index is 456. The van der Waals surface area contributed by atoms with E-state index in [0.717, 1.165) is 17.9 Å². The predicted octanol–water partition coefficient (Wildman–Crippen LogP) is 4.55. The van der Waals surface area contributed by atoms with Crippen LogP contribution in [-0.2, 0) is 5.54 Å². The third-order valence-electron chi connectivity index (χ3n) is 5.23. The number of aryl methyl sites for hydroxylation is 2. The molecule has 1 aromatic rings. The van der Waals surface area contributed by atoms with E-state index in [4.69, 9.17) is 4.98 Å². The van der Waals surface area contributed by atoms with Gasteiger partial charge in [0.1, 0.15) is 5.01 Å². The van der Waals surface area contributed by atoms with Gasteiger partial charge in [-0.2, -0.15) is 0 Å². The first kappa shape index (κ1) is 14.5. The van der Waals surface area contributed by atoms with Gasteiger partial charge in [-0.25, -0.2) is 4.98 Å². The van der Waals surface area contributed by atoms with Gasteiger partial charge in [-0.3, -0.25) is 0 Å². The minimum absolute atomic E-state index is 0.179. The molecule has 112 valence electrons. The minimum atomic E-state index is 0.179. The molecule has 3 rings (SSSR count). The van der Waals surface area contributed by atoms with Crippen LogP contribution in [-0.4, -0.2) is 11.0 Å². The summed E-state index contributed by atoms with van der Waals surface area (Å²) in [4.78, 5) is 6.33. The lowest BCUT2D eigenvalue weighted by molar-refractivity contribution is 0.145. The lowest BCUT2D eigenvalue weighted by Gasteiger charge is -2.42. The average molecular weight is 292 g/mol. The summed E-state index contributed by atoms with van der Waals surface area (Å²) in [6, 6.07) is 0.755. The molecular weight excluding hydrogens is 264 g/mol. The molecule has 1 aromatic heterocycles. The molecule has 0 amide bonds. The molecule has 3 heteroatoms. The Hall–Kier alpha value is -0.410. The highest BCUT2D eigenvalue weighted by molar-refractivity contribution is 7.11. The van der Waals surface area contributed by atoms with Gasteiger partial charge in [-0.1, -0.05) is 26.7 Å². The molecule has 2 unspecified atom stereocenters. The standard InChI is InChI=1S/C17H28N2S/c1-11(2)14-6-5-9-17(10-14,19-15-7-8-15)16-18-12(3)13(4)20-16/h11,14-15,19H,5-10H2,1-4H3. The Morgan fingerprint density at radius 1 is 1.25 bits per heavy atom. The second-order valence-corrected chi connectivity index (χ2v) is 8.46. The van der Waals surface area contributed by atoms with E-state index in [9.17, 15) is 0 Å². The summed E-state index contributed by atoms with van der Waals surface area (Å²) in [5, 5.41) is 5.36. The fourth-order valence-electron chi connectivity index (χ4n) is 3.57. The van der Waals surface area contributed by atoms with Crippen molar-refractivity contribution in [1.29, 1.82) is 0 Å². The van der Waals surface area contributed by atoms with Crippen LogP contribution in [0.2, 0.25) is 0 Å². The maximum Gasteiger partial charge on any atom is 0.113 e. The molecule has 0 aliphatic heterocycles. The van der Waals surface area contributed by atoms with Gasteiger partial charge in [0.15, 0.2) is 0 Å². The molecular formula is C17H28N2S. The molecule has 1 N–H and O–H groups in total. The molecule has 20 heavy (non-hydrogen) atoms. The van der Waals surface area contributed by atoms with E-state index in [2.05, 4.69) is 33.0 Å². The Morgan fingerprint density at radius 2 is 2.00 bits per heavy atom. The molecule has 2 aliphatic carbocycles. The van der Waals surface area contributed by atoms with Gasteiger partial charge in [0, 0.05) is 10.9 Å². The molecule has 0 aromatic carbocycles. The topological polar surface area (TPSA) is 24.9 Å². The Kier molecular flexibility index (Phi) is 3.93. The molecule has 0 spiro atoms. The molecule has 0 radical (unpaired) electrons. The fourth-order valence-corrected chi connectivity index (χ4v) is 4.68. The Balaban J connectivity index is 1.90. The highest BCUT2D eigenvalue weighted by Crippen LogP contribution is 2.45. The third kappa shape index (κ3) is 2.80. The van der Waals surface area contributed by atoms with E-state index in [1.54, 1.807) is 0 Å². The van der Waals surface area contributed by atoms with Crippen LogP contribution < -0.4 is 5.32 Å². The number of hydrogen-bond donors (Lipinski definition) is 1. The Labute approximate surface area is 127 Å². The second-order valence-electron chi connectivity index (χ2n) is 7.26. The van der Waals surface area contributed by atoms with Crippen LogP contribution in [0.1, 0.15) is 68.0 Å². The van der Waals surface area contributed by atoms with Crippen molar-refractivity contribution >= 4 is 11.3 Å². The fraction of sp³-hybridized carbons (Fsp3) is 0.824. The maximum atomic E-state index is 4.94. The number of nitrogens with one attached hydrogen (secondary N) is 1. The lowest BCUT2D eigenvalue weighted by atomic mass is 9.72. The summed E-state index contributed by atoms with van der Waals surface area (Å²) in [6.07, 6.45) is 8.02. The number of nitrogens with zero attached hydrogens (tertiary/aromatic N) is 1. The number of hydrogen-bond acceptors (Lipinski definition) is 3.